The lowest BCUT2D eigenvalue weighted by Crippen LogP contribution is -2.47. The van der Waals surface area contributed by atoms with Gasteiger partial charge in [-0.15, -0.1) is 0 Å². The molecule has 8 nitrogen and oxygen atoms in total. The average Bonchev–Trinajstić information content (AvgIpc) is 3.40. The molecule has 1 N–H and O–H groups in total. The lowest BCUT2D eigenvalue weighted by molar-refractivity contribution is -0.154. The number of methoxy groups -OCH3 is 1. The first-order chi connectivity index (χ1) is 13.1. The van der Waals surface area contributed by atoms with E-state index in [4.69, 9.17) is 18.8 Å². The van der Waals surface area contributed by atoms with Crippen molar-refractivity contribution in [1.82, 2.24) is 5.48 Å². The number of benzene rings is 1. The summed E-state index contributed by atoms with van der Waals surface area (Å²) in [5.41, 5.74) is 1.04. The van der Waals surface area contributed by atoms with Gasteiger partial charge in [0.2, 0.25) is 11.3 Å². The lowest BCUT2D eigenvalue weighted by atomic mass is 10.0. The summed E-state index contributed by atoms with van der Waals surface area (Å²) in [6.45, 7) is 0. The highest BCUT2D eigenvalue weighted by atomic mass is 16.7. The Morgan fingerprint density at radius 2 is 1.85 bits per heavy atom. The van der Waals surface area contributed by atoms with Gasteiger partial charge in [-0.3, -0.25) is 4.79 Å². The van der Waals surface area contributed by atoms with E-state index >= 15 is 0 Å². The van der Waals surface area contributed by atoms with Crippen LogP contribution in [0.25, 0.3) is 0 Å². The van der Waals surface area contributed by atoms with E-state index in [1.807, 2.05) is 6.07 Å². The van der Waals surface area contributed by atoms with Crippen molar-refractivity contribution >= 4 is 17.6 Å². The first-order valence-corrected chi connectivity index (χ1v) is 8.55. The van der Waals surface area contributed by atoms with Crippen molar-refractivity contribution in [1.29, 1.82) is 0 Å². The van der Waals surface area contributed by atoms with Crippen molar-refractivity contribution in [2.75, 3.05) is 7.11 Å². The maximum Gasteiger partial charge on any atom is 0.364 e. The standard InChI is InChI=1S/C19H20N2O6/c1-24-17(22)16(15-10-7-13-25-15)20-27-19(11-5-6-12-19)18(23)21-26-14-8-3-2-4-9-14/h2-4,7-10,13H,5-6,11-12H2,1H3,(H,21,23)/b20-16+. The second-order valence-electron chi connectivity index (χ2n) is 6.05. The molecule has 1 amide bonds. The minimum Gasteiger partial charge on any atom is -0.464 e. The molecule has 1 aromatic carbocycles. The molecular formula is C19H20N2O6. The summed E-state index contributed by atoms with van der Waals surface area (Å²) in [6, 6.07) is 12.0. The third-order valence-corrected chi connectivity index (χ3v) is 4.27. The van der Waals surface area contributed by atoms with Crippen molar-refractivity contribution in [3.63, 3.8) is 0 Å². The Morgan fingerprint density at radius 1 is 1.11 bits per heavy atom. The van der Waals surface area contributed by atoms with E-state index in [0.717, 1.165) is 12.8 Å². The number of hydrogen-bond donors (Lipinski definition) is 1. The van der Waals surface area contributed by atoms with Gasteiger partial charge in [0.05, 0.1) is 13.4 Å². The highest BCUT2D eigenvalue weighted by molar-refractivity contribution is 6.42. The molecule has 27 heavy (non-hydrogen) atoms. The van der Waals surface area contributed by atoms with Gasteiger partial charge >= 0.3 is 5.97 Å². The van der Waals surface area contributed by atoms with Crippen molar-refractivity contribution in [2.45, 2.75) is 31.3 Å². The number of hydroxylamine groups is 1. The molecule has 1 aliphatic carbocycles. The van der Waals surface area contributed by atoms with E-state index in [0.29, 0.717) is 18.6 Å². The summed E-state index contributed by atoms with van der Waals surface area (Å²) in [4.78, 5) is 35.6. The predicted molar refractivity (Wildman–Crippen MR) is 94.8 cm³/mol. The highest BCUT2D eigenvalue weighted by Gasteiger charge is 2.45. The molecule has 3 rings (SSSR count). The number of carbonyl (C=O) groups is 2. The van der Waals surface area contributed by atoms with E-state index in [1.165, 1.54) is 13.4 Å². The molecule has 2 aromatic rings. The molecule has 0 unspecified atom stereocenters. The van der Waals surface area contributed by atoms with Crippen LogP contribution in [0.5, 0.6) is 5.75 Å². The Kier molecular flexibility index (Phi) is 5.75. The minimum atomic E-state index is -1.22. The molecule has 142 valence electrons. The van der Waals surface area contributed by atoms with Gasteiger partial charge in [0.1, 0.15) is 0 Å². The number of amides is 1. The third kappa shape index (κ3) is 4.28. The molecule has 1 fully saturated rings. The number of rotatable bonds is 7. The normalized spacial score (nSPS) is 15.8. The number of carbonyl (C=O) groups excluding carboxylic acids is 2. The number of para-hydroxylation sites is 1. The van der Waals surface area contributed by atoms with Crippen LogP contribution in [-0.4, -0.2) is 30.3 Å². The van der Waals surface area contributed by atoms with Gasteiger partial charge in [-0.05, 0) is 49.9 Å². The summed E-state index contributed by atoms with van der Waals surface area (Å²) in [5.74, 6) is -0.500. The van der Waals surface area contributed by atoms with Gasteiger partial charge in [-0.1, -0.05) is 23.4 Å². The first-order valence-electron chi connectivity index (χ1n) is 8.55. The van der Waals surface area contributed by atoms with Crippen LogP contribution in [0.1, 0.15) is 31.4 Å². The van der Waals surface area contributed by atoms with E-state index in [2.05, 4.69) is 10.6 Å². The summed E-state index contributed by atoms with van der Waals surface area (Å²) in [6.07, 6.45) is 3.89. The molecule has 0 bridgehead atoms. The zero-order chi connectivity index (χ0) is 19.1. The SMILES string of the molecule is COC(=O)/C(=N/OC1(C(=O)NOc2ccccc2)CCCC1)c1ccco1. The monoisotopic (exact) mass is 372 g/mol. The van der Waals surface area contributed by atoms with Crippen molar-refractivity contribution < 1.29 is 28.4 Å². The Balaban J connectivity index is 1.75. The molecule has 0 atom stereocenters. The summed E-state index contributed by atoms with van der Waals surface area (Å²) in [5, 5.41) is 3.90. The number of esters is 1. The van der Waals surface area contributed by atoms with Crippen LogP contribution < -0.4 is 10.3 Å². The maximum atomic E-state index is 12.7. The molecule has 8 heteroatoms. The van der Waals surface area contributed by atoms with Crippen molar-refractivity contribution in [3.8, 4) is 5.75 Å². The van der Waals surface area contributed by atoms with Crippen LogP contribution in [0, 0.1) is 0 Å². The molecule has 0 aliphatic heterocycles. The van der Waals surface area contributed by atoms with Crippen molar-refractivity contribution in [3.05, 3.63) is 54.5 Å². The number of nitrogens with one attached hydrogen (secondary N) is 1. The summed E-state index contributed by atoms with van der Waals surface area (Å²) < 4.78 is 9.91. The number of oxime groups is 1. The smallest absolute Gasteiger partial charge is 0.364 e. The van der Waals surface area contributed by atoms with Gasteiger partial charge in [0, 0.05) is 0 Å². The van der Waals surface area contributed by atoms with Crippen LogP contribution in [-0.2, 0) is 19.2 Å². The van der Waals surface area contributed by atoms with Gasteiger partial charge in [0.25, 0.3) is 5.91 Å². The molecule has 1 saturated carbocycles. The fourth-order valence-corrected chi connectivity index (χ4v) is 2.82. The number of ether oxygens (including phenoxy) is 1. The fourth-order valence-electron chi connectivity index (χ4n) is 2.82. The second-order valence-corrected chi connectivity index (χ2v) is 6.05. The van der Waals surface area contributed by atoms with Crippen molar-refractivity contribution in [2.24, 2.45) is 5.16 Å². The molecule has 0 spiro atoms. The Morgan fingerprint density at radius 3 is 2.48 bits per heavy atom. The lowest BCUT2D eigenvalue weighted by Gasteiger charge is -2.25. The predicted octanol–water partition coefficient (Wildman–Crippen LogP) is 2.60. The van der Waals surface area contributed by atoms with E-state index in [1.54, 1.807) is 36.4 Å². The molecule has 0 saturated heterocycles. The largest absolute Gasteiger partial charge is 0.464 e. The van der Waals surface area contributed by atoms with E-state index < -0.39 is 17.5 Å². The zero-order valence-corrected chi connectivity index (χ0v) is 14.8. The quantitative estimate of drug-likeness (QED) is 0.456. The summed E-state index contributed by atoms with van der Waals surface area (Å²) in [7, 11) is 1.23. The maximum absolute atomic E-state index is 12.7. The number of nitrogens with zero attached hydrogens (tertiary/aromatic N) is 1. The first kappa shape index (κ1) is 18.5. The van der Waals surface area contributed by atoms with E-state index in [9.17, 15) is 9.59 Å². The average molecular weight is 372 g/mol. The second kappa shape index (κ2) is 8.39. The van der Waals surface area contributed by atoms with Crippen LogP contribution in [0.3, 0.4) is 0 Å². The highest BCUT2D eigenvalue weighted by Crippen LogP contribution is 2.34. The van der Waals surface area contributed by atoms with Crippen LogP contribution in [0.4, 0.5) is 0 Å². The number of furan rings is 1. The Bertz CT molecular complexity index is 795. The van der Waals surface area contributed by atoms with Crippen LogP contribution in [0.2, 0.25) is 0 Å². The Labute approximate surface area is 156 Å². The van der Waals surface area contributed by atoms with Crippen LogP contribution >= 0.6 is 0 Å². The molecule has 1 aromatic heterocycles. The summed E-state index contributed by atoms with van der Waals surface area (Å²) >= 11 is 0. The molecule has 1 aliphatic rings. The van der Waals surface area contributed by atoms with Gasteiger partial charge in [0.15, 0.2) is 11.5 Å². The molecule has 1 heterocycles. The fraction of sp³-hybridized carbons (Fsp3) is 0.316. The van der Waals surface area contributed by atoms with Crippen LogP contribution in [0.15, 0.2) is 58.3 Å². The number of hydrogen-bond acceptors (Lipinski definition) is 7. The van der Waals surface area contributed by atoms with Gasteiger partial charge < -0.3 is 18.8 Å². The molecule has 0 radical (unpaired) electrons. The van der Waals surface area contributed by atoms with E-state index in [-0.39, 0.29) is 11.5 Å². The van der Waals surface area contributed by atoms with Gasteiger partial charge in [-0.2, -0.15) is 5.48 Å². The topological polar surface area (TPSA) is 99.4 Å². The molecular weight excluding hydrogens is 352 g/mol. The Hall–Kier alpha value is -3.29. The third-order valence-electron chi connectivity index (χ3n) is 4.27. The van der Waals surface area contributed by atoms with Gasteiger partial charge in [-0.25, -0.2) is 4.79 Å². The zero-order valence-electron chi connectivity index (χ0n) is 14.8. The minimum absolute atomic E-state index is 0.148.